The molecule has 0 spiro atoms. The fraction of sp³-hybridized carbons (Fsp3) is 0.278. The van der Waals surface area contributed by atoms with E-state index < -0.39 is 5.97 Å². The summed E-state index contributed by atoms with van der Waals surface area (Å²) in [5.74, 6) is -0.157. The number of rotatable bonds is 4. The molecule has 0 fully saturated rings. The minimum atomic E-state index is -0.612. The first kappa shape index (κ1) is 16.7. The summed E-state index contributed by atoms with van der Waals surface area (Å²) in [5, 5.41) is 3.90. The number of ketones is 1. The number of nitrogens with zero attached hydrogens (tertiary/aromatic N) is 1. The molecule has 0 aromatic heterocycles. The zero-order valence-electron chi connectivity index (χ0n) is 13.6. The van der Waals surface area contributed by atoms with Crippen LogP contribution < -0.4 is 4.74 Å². The van der Waals surface area contributed by atoms with E-state index in [0.29, 0.717) is 28.2 Å². The number of ether oxygens (including phenoxy) is 1. The van der Waals surface area contributed by atoms with Crippen LogP contribution in [-0.2, 0) is 9.63 Å². The second-order valence-electron chi connectivity index (χ2n) is 5.50. The minimum absolute atomic E-state index is 0.0347. The van der Waals surface area contributed by atoms with E-state index >= 15 is 0 Å². The van der Waals surface area contributed by atoms with Crippen LogP contribution in [0.2, 0.25) is 0 Å². The second kappa shape index (κ2) is 7.05. The van der Waals surface area contributed by atoms with Gasteiger partial charge in [0.2, 0.25) is 0 Å². The Morgan fingerprint density at radius 2 is 1.87 bits per heavy atom. The average Bonchev–Trinajstić information content (AvgIpc) is 2.53. The van der Waals surface area contributed by atoms with E-state index in [1.807, 2.05) is 13.8 Å². The minimum Gasteiger partial charge on any atom is -0.496 e. The van der Waals surface area contributed by atoms with Crippen molar-refractivity contribution < 1.29 is 19.2 Å². The molecule has 1 aromatic rings. The summed E-state index contributed by atoms with van der Waals surface area (Å²) in [6.45, 7) is 5.61. The summed E-state index contributed by atoms with van der Waals surface area (Å²) in [4.78, 5) is 29.1. The lowest BCUT2D eigenvalue weighted by Gasteiger charge is -2.14. The number of hydrogen-bond acceptors (Lipinski definition) is 5. The van der Waals surface area contributed by atoms with Crippen LogP contribution in [0.3, 0.4) is 0 Å². The SMILES string of the molecule is COc1ccccc1C(=O)O/N=C1/C=C(C(C)C)C(=O)C=C1C. The van der Waals surface area contributed by atoms with Crippen LogP contribution in [0.1, 0.15) is 31.1 Å². The van der Waals surface area contributed by atoms with Crippen molar-refractivity contribution in [2.75, 3.05) is 7.11 Å². The largest absolute Gasteiger partial charge is 0.496 e. The molecule has 5 heteroatoms. The highest BCUT2D eigenvalue weighted by Crippen LogP contribution is 2.21. The normalized spacial score (nSPS) is 16.2. The number of carbonyl (C=O) groups excluding carboxylic acids is 2. The summed E-state index contributed by atoms with van der Waals surface area (Å²) < 4.78 is 5.12. The lowest BCUT2D eigenvalue weighted by Crippen LogP contribution is -2.16. The molecule has 120 valence electrons. The molecular formula is C18H19NO4. The average molecular weight is 313 g/mol. The van der Waals surface area contributed by atoms with Crippen molar-refractivity contribution in [1.29, 1.82) is 0 Å². The fourth-order valence-corrected chi connectivity index (χ4v) is 2.19. The molecule has 0 aliphatic heterocycles. The summed E-state index contributed by atoms with van der Waals surface area (Å²) >= 11 is 0. The molecule has 0 saturated carbocycles. The maximum absolute atomic E-state index is 12.1. The van der Waals surface area contributed by atoms with Gasteiger partial charge in [0, 0.05) is 5.57 Å². The molecule has 23 heavy (non-hydrogen) atoms. The molecule has 1 aliphatic carbocycles. The Hall–Kier alpha value is -2.69. The summed E-state index contributed by atoms with van der Waals surface area (Å²) in [5.41, 5.74) is 2.06. The molecule has 2 rings (SSSR count). The van der Waals surface area contributed by atoms with Gasteiger partial charge in [0.15, 0.2) is 5.78 Å². The van der Waals surface area contributed by atoms with Gasteiger partial charge in [0.1, 0.15) is 17.0 Å². The predicted molar refractivity (Wildman–Crippen MR) is 87.5 cm³/mol. The lowest BCUT2D eigenvalue weighted by atomic mass is 9.90. The molecule has 0 saturated heterocycles. The van der Waals surface area contributed by atoms with Crippen molar-refractivity contribution in [2.24, 2.45) is 11.1 Å². The molecule has 0 unspecified atom stereocenters. The zero-order valence-corrected chi connectivity index (χ0v) is 13.6. The van der Waals surface area contributed by atoms with Crippen molar-refractivity contribution in [1.82, 2.24) is 0 Å². The van der Waals surface area contributed by atoms with E-state index in [1.54, 1.807) is 37.3 Å². The zero-order chi connectivity index (χ0) is 17.0. The Labute approximate surface area is 135 Å². The Morgan fingerprint density at radius 1 is 1.17 bits per heavy atom. The Bertz CT molecular complexity index is 726. The number of allylic oxidation sites excluding steroid dienone is 4. The van der Waals surface area contributed by atoms with Crippen LogP contribution in [0.4, 0.5) is 0 Å². The van der Waals surface area contributed by atoms with Gasteiger partial charge in [-0.2, -0.15) is 0 Å². The van der Waals surface area contributed by atoms with Crippen LogP contribution in [0.15, 0.2) is 52.7 Å². The van der Waals surface area contributed by atoms with E-state index in [2.05, 4.69) is 5.16 Å². The highest BCUT2D eigenvalue weighted by molar-refractivity contribution is 6.21. The van der Waals surface area contributed by atoms with E-state index in [4.69, 9.17) is 9.57 Å². The Balaban J connectivity index is 2.23. The van der Waals surface area contributed by atoms with Crippen molar-refractivity contribution in [3.63, 3.8) is 0 Å². The van der Waals surface area contributed by atoms with Crippen LogP contribution in [0.25, 0.3) is 0 Å². The topological polar surface area (TPSA) is 65.0 Å². The number of oxime groups is 1. The summed E-state index contributed by atoms with van der Waals surface area (Å²) in [6, 6.07) is 6.75. The maximum Gasteiger partial charge on any atom is 0.369 e. The Morgan fingerprint density at radius 3 is 2.52 bits per heavy atom. The van der Waals surface area contributed by atoms with Gasteiger partial charge in [-0.25, -0.2) is 4.79 Å². The van der Waals surface area contributed by atoms with Crippen molar-refractivity contribution >= 4 is 17.5 Å². The fourth-order valence-electron chi connectivity index (χ4n) is 2.19. The van der Waals surface area contributed by atoms with E-state index in [1.165, 1.54) is 13.2 Å². The van der Waals surface area contributed by atoms with Crippen LogP contribution in [0.5, 0.6) is 5.75 Å². The third-order valence-corrected chi connectivity index (χ3v) is 3.50. The van der Waals surface area contributed by atoms with Crippen LogP contribution >= 0.6 is 0 Å². The predicted octanol–water partition coefficient (Wildman–Crippen LogP) is 3.32. The van der Waals surface area contributed by atoms with Crippen LogP contribution in [-0.4, -0.2) is 24.6 Å². The van der Waals surface area contributed by atoms with Gasteiger partial charge in [-0.15, -0.1) is 0 Å². The number of methoxy groups -OCH3 is 1. The van der Waals surface area contributed by atoms with Gasteiger partial charge in [0.25, 0.3) is 0 Å². The molecule has 0 radical (unpaired) electrons. The Kier molecular flexibility index (Phi) is 5.11. The highest BCUT2D eigenvalue weighted by atomic mass is 16.7. The maximum atomic E-state index is 12.1. The molecule has 5 nitrogen and oxygen atoms in total. The highest BCUT2D eigenvalue weighted by Gasteiger charge is 2.20. The lowest BCUT2D eigenvalue weighted by molar-refractivity contribution is -0.111. The first-order valence-corrected chi connectivity index (χ1v) is 7.31. The van der Waals surface area contributed by atoms with E-state index in [0.717, 1.165) is 0 Å². The van der Waals surface area contributed by atoms with Gasteiger partial charge in [-0.05, 0) is 42.7 Å². The van der Waals surface area contributed by atoms with Crippen molar-refractivity contribution in [3.05, 3.63) is 53.1 Å². The molecule has 1 aliphatic rings. The number of carbonyl (C=O) groups is 2. The smallest absolute Gasteiger partial charge is 0.369 e. The van der Waals surface area contributed by atoms with Crippen molar-refractivity contribution in [3.8, 4) is 5.75 Å². The van der Waals surface area contributed by atoms with Gasteiger partial charge in [0.05, 0.1) is 7.11 Å². The first-order chi connectivity index (χ1) is 10.9. The molecule has 0 bridgehead atoms. The molecular weight excluding hydrogens is 294 g/mol. The van der Waals surface area contributed by atoms with E-state index in [9.17, 15) is 9.59 Å². The standard InChI is InChI=1S/C18H19NO4/c1-11(2)14-10-15(12(3)9-16(14)20)19-23-18(21)13-7-5-6-8-17(13)22-4/h5-11H,1-4H3/b19-15-. The monoisotopic (exact) mass is 313 g/mol. The quantitative estimate of drug-likeness (QED) is 0.486. The van der Waals surface area contributed by atoms with E-state index in [-0.39, 0.29) is 11.7 Å². The van der Waals surface area contributed by atoms with Gasteiger partial charge < -0.3 is 9.57 Å². The number of hydrogen-bond donors (Lipinski definition) is 0. The first-order valence-electron chi connectivity index (χ1n) is 7.31. The van der Waals surface area contributed by atoms with Crippen LogP contribution in [0, 0.1) is 5.92 Å². The third kappa shape index (κ3) is 3.74. The van der Waals surface area contributed by atoms with Gasteiger partial charge in [-0.1, -0.05) is 31.1 Å². The number of para-hydroxylation sites is 1. The molecule has 0 amide bonds. The molecule has 0 heterocycles. The molecule has 0 atom stereocenters. The second-order valence-corrected chi connectivity index (χ2v) is 5.50. The van der Waals surface area contributed by atoms with Gasteiger partial charge in [-0.3, -0.25) is 4.79 Å². The third-order valence-electron chi connectivity index (χ3n) is 3.50. The summed E-state index contributed by atoms with van der Waals surface area (Å²) in [7, 11) is 1.48. The number of benzene rings is 1. The van der Waals surface area contributed by atoms with Gasteiger partial charge >= 0.3 is 5.97 Å². The summed E-state index contributed by atoms with van der Waals surface area (Å²) in [6.07, 6.45) is 3.17. The molecule has 1 aromatic carbocycles. The van der Waals surface area contributed by atoms with Crippen molar-refractivity contribution in [2.45, 2.75) is 20.8 Å². The molecule has 0 N–H and O–H groups in total.